The van der Waals surface area contributed by atoms with Crippen LogP contribution in [0.1, 0.15) is 46.4 Å². The molecule has 0 aromatic heterocycles. The Morgan fingerprint density at radius 2 is 1.79 bits per heavy atom. The van der Waals surface area contributed by atoms with E-state index in [1.807, 2.05) is 0 Å². The molecular formula is C24H23ClFN3O4. The highest BCUT2D eigenvalue weighted by molar-refractivity contribution is 6.33. The maximum atomic E-state index is 13.5. The van der Waals surface area contributed by atoms with Crippen LogP contribution in [-0.4, -0.2) is 48.6 Å². The van der Waals surface area contributed by atoms with Crippen LogP contribution in [0, 0.1) is 11.7 Å². The van der Waals surface area contributed by atoms with Crippen LogP contribution >= 0.6 is 11.6 Å². The summed E-state index contributed by atoms with van der Waals surface area (Å²) in [6.45, 7) is 0.190. The summed E-state index contributed by atoms with van der Waals surface area (Å²) < 4.78 is 18.5. The number of carbonyl (C=O) groups excluding carboxylic acids is 3. The summed E-state index contributed by atoms with van der Waals surface area (Å²) in [6, 6.07) is 10.3. The van der Waals surface area contributed by atoms with Gasteiger partial charge in [0, 0.05) is 19.1 Å². The van der Waals surface area contributed by atoms with Crippen LogP contribution in [0.15, 0.2) is 47.6 Å². The van der Waals surface area contributed by atoms with Gasteiger partial charge in [-0.2, -0.15) is 10.1 Å². The molecule has 1 saturated carbocycles. The maximum Gasteiger partial charge on any atom is 0.261 e. The minimum Gasteiger partial charge on any atom is -0.379 e. The lowest BCUT2D eigenvalue weighted by Gasteiger charge is -2.34. The van der Waals surface area contributed by atoms with Crippen molar-refractivity contribution >= 4 is 41.2 Å². The minimum atomic E-state index is -0.515. The molecule has 172 valence electrons. The molecule has 0 atom stereocenters. The molecule has 1 heterocycles. The third-order valence-corrected chi connectivity index (χ3v) is 6.32. The SMILES string of the molecule is COC/C=N/N(C(=O)C1CCC(N2C(=O)c3ccccc3C2=O)CC1)c1ccc(F)cc1Cl. The molecule has 0 spiro atoms. The molecule has 0 N–H and O–H groups in total. The average molecular weight is 472 g/mol. The highest BCUT2D eigenvalue weighted by atomic mass is 35.5. The fourth-order valence-electron chi connectivity index (χ4n) is 4.37. The van der Waals surface area contributed by atoms with E-state index in [2.05, 4.69) is 5.10 Å². The predicted octanol–water partition coefficient (Wildman–Crippen LogP) is 4.30. The van der Waals surface area contributed by atoms with Gasteiger partial charge in [0.1, 0.15) is 5.82 Å². The van der Waals surface area contributed by atoms with E-state index in [-0.39, 0.29) is 47.0 Å². The maximum absolute atomic E-state index is 13.5. The summed E-state index contributed by atoms with van der Waals surface area (Å²) in [5.41, 5.74) is 1.12. The van der Waals surface area contributed by atoms with Crippen LogP contribution < -0.4 is 5.01 Å². The van der Waals surface area contributed by atoms with Crippen LogP contribution in [0.2, 0.25) is 5.02 Å². The Labute approximate surface area is 195 Å². The van der Waals surface area contributed by atoms with E-state index in [9.17, 15) is 18.8 Å². The molecule has 4 rings (SSSR count). The molecule has 3 amide bonds. The number of imide groups is 1. The molecule has 7 nitrogen and oxygen atoms in total. The van der Waals surface area contributed by atoms with E-state index in [1.54, 1.807) is 24.3 Å². The van der Waals surface area contributed by atoms with Crippen molar-refractivity contribution < 1.29 is 23.5 Å². The van der Waals surface area contributed by atoms with Crippen molar-refractivity contribution in [3.05, 3.63) is 64.4 Å². The van der Waals surface area contributed by atoms with E-state index >= 15 is 0 Å². The van der Waals surface area contributed by atoms with E-state index in [1.165, 1.54) is 35.4 Å². The second-order valence-corrected chi connectivity index (χ2v) is 8.44. The predicted molar refractivity (Wildman–Crippen MR) is 122 cm³/mol. The Morgan fingerprint density at radius 3 is 2.36 bits per heavy atom. The highest BCUT2D eigenvalue weighted by Crippen LogP contribution is 2.35. The third-order valence-electron chi connectivity index (χ3n) is 6.02. The molecule has 0 bridgehead atoms. The van der Waals surface area contributed by atoms with Crippen molar-refractivity contribution in [2.45, 2.75) is 31.7 Å². The Kier molecular flexibility index (Phi) is 6.85. The Morgan fingerprint density at radius 1 is 1.15 bits per heavy atom. The summed E-state index contributed by atoms with van der Waals surface area (Å²) in [5, 5.41) is 5.45. The zero-order valence-corrected chi connectivity index (χ0v) is 18.8. The van der Waals surface area contributed by atoms with Crippen molar-refractivity contribution in [3.8, 4) is 0 Å². The van der Waals surface area contributed by atoms with Gasteiger partial charge in [0.25, 0.3) is 17.7 Å². The van der Waals surface area contributed by atoms with E-state index in [0.717, 1.165) is 6.07 Å². The van der Waals surface area contributed by atoms with Gasteiger partial charge in [-0.1, -0.05) is 23.7 Å². The molecule has 1 aliphatic carbocycles. The number of hydrazone groups is 1. The largest absolute Gasteiger partial charge is 0.379 e. The zero-order chi connectivity index (χ0) is 23.5. The number of anilines is 1. The van der Waals surface area contributed by atoms with Gasteiger partial charge in [-0.05, 0) is 56.0 Å². The number of halogens is 2. The van der Waals surface area contributed by atoms with Crippen LogP contribution in [0.5, 0.6) is 0 Å². The first kappa shape index (κ1) is 23.1. The molecule has 33 heavy (non-hydrogen) atoms. The van der Waals surface area contributed by atoms with Crippen molar-refractivity contribution in [3.63, 3.8) is 0 Å². The zero-order valence-electron chi connectivity index (χ0n) is 18.0. The highest BCUT2D eigenvalue weighted by Gasteiger charge is 2.42. The van der Waals surface area contributed by atoms with Gasteiger partial charge in [-0.3, -0.25) is 19.3 Å². The van der Waals surface area contributed by atoms with E-state index in [4.69, 9.17) is 16.3 Å². The summed E-state index contributed by atoms with van der Waals surface area (Å²) in [7, 11) is 1.50. The molecular weight excluding hydrogens is 449 g/mol. The molecule has 2 aromatic carbocycles. The first-order chi connectivity index (χ1) is 15.9. The van der Waals surface area contributed by atoms with Gasteiger partial charge in [-0.15, -0.1) is 0 Å². The number of amides is 3. The minimum absolute atomic E-state index is 0.0672. The monoisotopic (exact) mass is 471 g/mol. The quantitative estimate of drug-likeness (QED) is 0.357. The lowest BCUT2D eigenvalue weighted by atomic mass is 9.84. The van der Waals surface area contributed by atoms with E-state index < -0.39 is 5.82 Å². The van der Waals surface area contributed by atoms with Crippen LogP contribution in [0.3, 0.4) is 0 Å². The van der Waals surface area contributed by atoms with Crippen molar-refractivity contribution in [1.29, 1.82) is 0 Å². The lowest BCUT2D eigenvalue weighted by molar-refractivity contribution is -0.123. The second kappa shape index (κ2) is 9.80. The van der Waals surface area contributed by atoms with Crippen molar-refractivity contribution in [2.24, 2.45) is 11.0 Å². The normalized spacial score (nSPS) is 20.4. The number of ether oxygens (including phenoxy) is 1. The first-order valence-corrected chi connectivity index (χ1v) is 11.1. The Hall–Kier alpha value is -3.10. The molecule has 1 aliphatic heterocycles. The smallest absolute Gasteiger partial charge is 0.261 e. The number of hydrogen-bond acceptors (Lipinski definition) is 5. The fourth-order valence-corrected chi connectivity index (χ4v) is 4.62. The number of hydrogen-bond donors (Lipinski definition) is 0. The number of benzene rings is 2. The molecule has 0 saturated heterocycles. The van der Waals surface area contributed by atoms with Crippen molar-refractivity contribution in [1.82, 2.24) is 4.90 Å². The lowest BCUT2D eigenvalue weighted by Crippen LogP contribution is -2.44. The van der Waals surface area contributed by atoms with Gasteiger partial charge >= 0.3 is 0 Å². The van der Waals surface area contributed by atoms with Crippen LogP contribution in [0.25, 0.3) is 0 Å². The van der Waals surface area contributed by atoms with Gasteiger partial charge in [0.15, 0.2) is 0 Å². The number of nitrogens with zero attached hydrogens (tertiary/aromatic N) is 3. The van der Waals surface area contributed by atoms with Crippen LogP contribution in [0.4, 0.5) is 10.1 Å². The average Bonchev–Trinajstić information content (AvgIpc) is 3.07. The molecule has 2 aliphatic rings. The fraction of sp³-hybridized carbons (Fsp3) is 0.333. The third kappa shape index (κ3) is 4.54. The molecule has 2 aromatic rings. The first-order valence-electron chi connectivity index (χ1n) is 10.7. The molecule has 9 heteroatoms. The summed E-state index contributed by atoms with van der Waals surface area (Å²) in [5.74, 6) is -1.74. The van der Waals surface area contributed by atoms with Gasteiger partial charge in [0.05, 0.1) is 34.7 Å². The van der Waals surface area contributed by atoms with Crippen molar-refractivity contribution in [2.75, 3.05) is 18.7 Å². The van der Waals surface area contributed by atoms with Gasteiger partial charge in [0.2, 0.25) is 0 Å². The van der Waals surface area contributed by atoms with Gasteiger partial charge < -0.3 is 4.74 Å². The Bertz CT molecular complexity index is 1080. The van der Waals surface area contributed by atoms with E-state index in [0.29, 0.717) is 36.8 Å². The number of rotatable bonds is 6. The Balaban J connectivity index is 1.48. The topological polar surface area (TPSA) is 79.3 Å². The summed E-state index contributed by atoms with van der Waals surface area (Å²) in [4.78, 5) is 40.2. The summed E-state index contributed by atoms with van der Waals surface area (Å²) >= 11 is 6.18. The van der Waals surface area contributed by atoms with Crippen LogP contribution in [-0.2, 0) is 9.53 Å². The summed E-state index contributed by atoms with van der Waals surface area (Å²) in [6.07, 6.45) is 3.41. The van der Waals surface area contributed by atoms with Gasteiger partial charge in [-0.25, -0.2) is 4.39 Å². The number of fused-ring (bicyclic) bond motifs is 1. The molecule has 0 unspecified atom stereocenters. The molecule has 0 radical (unpaired) electrons. The second-order valence-electron chi connectivity index (χ2n) is 8.03. The standard InChI is InChI=1S/C24H23ClFN3O4/c1-33-13-12-27-29(21-11-8-16(26)14-20(21)25)22(30)15-6-9-17(10-7-15)28-23(31)18-4-2-3-5-19(18)24(28)32/h2-5,8,11-12,14-15,17H,6-7,9-10,13H2,1H3/b27-12+. The number of carbonyl (C=O) groups is 3. The molecule has 1 fully saturated rings. The number of methoxy groups -OCH3 is 1.